The molecule has 0 saturated carbocycles. The first-order chi connectivity index (χ1) is 9.47. The zero-order valence-electron chi connectivity index (χ0n) is 12.2. The maximum atomic E-state index is 13.1. The van der Waals surface area contributed by atoms with Crippen LogP contribution in [0.1, 0.15) is 44.1 Å². The van der Waals surface area contributed by atoms with Crippen molar-refractivity contribution in [3.8, 4) is 0 Å². The zero-order chi connectivity index (χ0) is 16.1. The van der Waals surface area contributed by atoms with Gasteiger partial charge in [0.1, 0.15) is 5.41 Å². The molecule has 1 aliphatic carbocycles. The van der Waals surface area contributed by atoms with Crippen molar-refractivity contribution in [1.82, 2.24) is 4.98 Å². The third kappa shape index (κ3) is 2.63. The number of aromatic nitrogens is 1. The quantitative estimate of drug-likeness (QED) is 0.909. The van der Waals surface area contributed by atoms with Gasteiger partial charge in [-0.3, -0.25) is 9.78 Å². The Kier molecular flexibility index (Phi) is 3.54. The number of alkyl halides is 3. The number of pyridine rings is 1. The van der Waals surface area contributed by atoms with Crippen molar-refractivity contribution < 1.29 is 23.1 Å². The number of rotatable bonds is 2. The molecule has 0 fully saturated rings. The molecule has 116 valence electrons. The fraction of sp³-hybridized carbons (Fsp3) is 0.600. The van der Waals surface area contributed by atoms with Crippen molar-refractivity contribution in [2.75, 3.05) is 0 Å². The zero-order valence-corrected chi connectivity index (χ0v) is 12.2. The van der Waals surface area contributed by atoms with Crippen LogP contribution in [0.3, 0.4) is 0 Å². The van der Waals surface area contributed by atoms with Crippen LogP contribution in [0.2, 0.25) is 0 Å². The molecule has 0 aromatic carbocycles. The Bertz CT molecular complexity index is 581. The Balaban J connectivity index is 2.38. The Morgan fingerprint density at radius 1 is 1.33 bits per heavy atom. The van der Waals surface area contributed by atoms with Gasteiger partial charge in [0.05, 0.1) is 11.1 Å². The van der Waals surface area contributed by atoms with E-state index in [1.807, 2.05) is 0 Å². The highest BCUT2D eigenvalue weighted by molar-refractivity contribution is 5.75. The number of carboxylic acid groups (broad SMARTS) is 1. The molecule has 1 aromatic rings. The van der Waals surface area contributed by atoms with E-state index in [-0.39, 0.29) is 5.69 Å². The first-order valence-corrected chi connectivity index (χ1v) is 6.77. The highest BCUT2D eigenvalue weighted by Crippen LogP contribution is 2.41. The summed E-state index contributed by atoms with van der Waals surface area (Å²) in [4.78, 5) is 15.4. The van der Waals surface area contributed by atoms with Gasteiger partial charge in [0.2, 0.25) is 0 Å². The summed E-state index contributed by atoms with van der Waals surface area (Å²) in [7, 11) is 0. The molecule has 0 spiro atoms. The van der Waals surface area contributed by atoms with Gasteiger partial charge in [-0.2, -0.15) is 13.2 Å². The van der Waals surface area contributed by atoms with Crippen molar-refractivity contribution in [2.24, 2.45) is 5.41 Å². The van der Waals surface area contributed by atoms with Crippen molar-refractivity contribution in [1.29, 1.82) is 0 Å². The number of fused-ring (bicyclic) bond motifs is 1. The topological polar surface area (TPSA) is 50.2 Å². The fourth-order valence-electron chi connectivity index (χ4n) is 2.49. The third-order valence-electron chi connectivity index (χ3n) is 4.43. The Morgan fingerprint density at radius 3 is 2.48 bits per heavy atom. The number of aryl methyl sites for hydroxylation is 1. The second-order valence-electron chi connectivity index (χ2n) is 6.47. The fourth-order valence-corrected chi connectivity index (χ4v) is 2.49. The number of hydrogen-bond donors (Lipinski definition) is 1. The molecule has 0 aliphatic heterocycles. The van der Waals surface area contributed by atoms with Crippen LogP contribution in [-0.2, 0) is 23.1 Å². The lowest BCUT2D eigenvalue weighted by Crippen LogP contribution is -2.38. The minimum absolute atomic E-state index is 0.0207. The maximum absolute atomic E-state index is 13.1. The number of hydrogen-bond acceptors (Lipinski definition) is 2. The van der Waals surface area contributed by atoms with Crippen LogP contribution in [0.15, 0.2) is 12.1 Å². The number of nitrogens with zero attached hydrogens (tertiary/aromatic N) is 1. The third-order valence-corrected chi connectivity index (χ3v) is 4.43. The number of aliphatic carboxylic acids is 1. The van der Waals surface area contributed by atoms with Gasteiger partial charge >= 0.3 is 12.1 Å². The number of carboxylic acids is 1. The lowest BCUT2D eigenvalue weighted by molar-refractivity contribution is -0.181. The SMILES string of the molecule is CC(C)(c1ccc2c(n1)CC[C@@](C)(C(=O)O)C2)C(F)(F)F. The van der Waals surface area contributed by atoms with E-state index in [9.17, 15) is 23.1 Å². The molecular weight excluding hydrogens is 283 g/mol. The lowest BCUT2D eigenvalue weighted by Gasteiger charge is -2.32. The van der Waals surface area contributed by atoms with Gasteiger partial charge in [-0.15, -0.1) is 0 Å². The molecule has 0 bridgehead atoms. The van der Waals surface area contributed by atoms with E-state index in [1.54, 1.807) is 13.0 Å². The number of halogens is 3. The van der Waals surface area contributed by atoms with Gasteiger partial charge in [-0.05, 0) is 51.7 Å². The molecule has 0 radical (unpaired) electrons. The summed E-state index contributed by atoms with van der Waals surface area (Å²) in [6.07, 6.45) is -3.30. The van der Waals surface area contributed by atoms with Crippen molar-refractivity contribution in [3.63, 3.8) is 0 Å². The standard InChI is InChI=1S/C15H18F3NO2/c1-13(2,15(16,17)18)11-5-4-9-8-14(3,12(20)21)7-6-10(9)19-11/h4-5H,6-8H2,1-3H3,(H,20,21)/t14-/m1/s1. The molecule has 21 heavy (non-hydrogen) atoms. The molecule has 1 heterocycles. The summed E-state index contributed by atoms with van der Waals surface area (Å²) < 4.78 is 39.2. The largest absolute Gasteiger partial charge is 0.481 e. The summed E-state index contributed by atoms with van der Waals surface area (Å²) >= 11 is 0. The summed E-state index contributed by atoms with van der Waals surface area (Å²) in [5, 5.41) is 9.24. The molecule has 1 aromatic heterocycles. The van der Waals surface area contributed by atoms with Crippen LogP contribution < -0.4 is 0 Å². The monoisotopic (exact) mass is 301 g/mol. The molecule has 1 N–H and O–H groups in total. The van der Waals surface area contributed by atoms with Crippen LogP contribution in [0, 0.1) is 5.41 Å². The van der Waals surface area contributed by atoms with Gasteiger partial charge < -0.3 is 5.11 Å². The molecule has 1 atom stereocenters. The van der Waals surface area contributed by atoms with Gasteiger partial charge in [-0.25, -0.2) is 0 Å². The average molecular weight is 301 g/mol. The van der Waals surface area contributed by atoms with Gasteiger partial charge in [-0.1, -0.05) is 6.07 Å². The van der Waals surface area contributed by atoms with Gasteiger partial charge in [0.25, 0.3) is 0 Å². The van der Waals surface area contributed by atoms with Crippen LogP contribution in [0.25, 0.3) is 0 Å². The summed E-state index contributed by atoms with van der Waals surface area (Å²) in [6.45, 7) is 3.86. The van der Waals surface area contributed by atoms with Gasteiger partial charge in [0, 0.05) is 5.69 Å². The van der Waals surface area contributed by atoms with Crippen LogP contribution >= 0.6 is 0 Å². The van der Waals surface area contributed by atoms with E-state index in [0.29, 0.717) is 25.0 Å². The van der Waals surface area contributed by atoms with Crippen molar-refractivity contribution >= 4 is 5.97 Å². The minimum atomic E-state index is -4.38. The van der Waals surface area contributed by atoms with Crippen LogP contribution in [0.5, 0.6) is 0 Å². The Morgan fingerprint density at radius 2 is 1.95 bits per heavy atom. The highest BCUT2D eigenvalue weighted by atomic mass is 19.4. The smallest absolute Gasteiger partial charge is 0.399 e. The maximum Gasteiger partial charge on any atom is 0.399 e. The van der Waals surface area contributed by atoms with E-state index in [4.69, 9.17) is 0 Å². The van der Waals surface area contributed by atoms with E-state index in [0.717, 1.165) is 19.4 Å². The summed E-state index contributed by atoms with van der Waals surface area (Å²) in [5.74, 6) is -0.882. The molecule has 1 aliphatic rings. The first-order valence-electron chi connectivity index (χ1n) is 6.77. The predicted octanol–water partition coefficient (Wildman–Crippen LogP) is 3.50. The molecule has 3 nitrogen and oxygen atoms in total. The number of carbonyl (C=O) groups is 1. The summed E-state index contributed by atoms with van der Waals surface area (Å²) in [5.41, 5.74) is -1.59. The molecule has 0 unspecified atom stereocenters. The van der Waals surface area contributed by atoms with Gasteiger partial charge in [0.15, 0.2) is 0 Å². The molecule has 6 heteroatoms. The molecular formula is C15H18F3NO2. The van der Waals surface area contributed by atoms with E-state index in [2.05, 4.69) is 4.98 Å². The van der Waals surface area contributed by atoms with Crippen molar-refractivity contribution in [3.05, 3.63) is 29.1 Å². The van der Waals surface area contributed by atoms with E-state index >= 15 is 0 Å². The second kappa shape index (κ2) is 4.71. The Labute approximate surface area is 121 Å². The Hall–Kier alpha value is -1.59. The van der Waals surface area contributed by atoms with E-state index in [1.165, 1.54) is 6.07 Å². The molecule has 0 saturated heterocycles. The van der Waals surface area contributed by atoms with E-state index < -0.39 is 23.0 Å². The molecule has 0 amide bonds. The second-order valence-corrected chi connectivity index (χ2v) is 6.47. The minimum Gasteiger partial charge on any atom is -0.481 e. The normalized spacial score (nSPS) is 22.8. The lowest BCUT2D eigenvalue weighted by atomic mass is 9.74. The van der Waals surface area contributed by atoms with Crippen LogP contribution in [-0.4, -0.2) is 22.2 Å². The first kappa shape index (κ1) is 15.8. The average Bonchev–Trinajstić information content (AvgIpc) is 2.36. The predicted molar refractivity (Wildman–Crippen MR) is 71.1 cm³/mol. The van der Waals surface area contributed by atoms with Crippen molar-refractivity contribution in [2.45, 2.75) is 51.6 Å². The molecule has 2 rings (SSSR count). The highest BCUT2D eigenvalue weighted by Gasteiger charge is 2.50. The van der Waals surface area contributed by atoms with Crippen LogP contribution in [0.4, 0.5) is 13.2 Å². The summed E-state index contributed by atoms with van der Waals surface area (Å²) in [6, 6.07) is 2.95.